The fraction of sp³-hybridized carbons (Fsp3) is 0.526. The molecule has 1 aromatic rings. The summed E-state index contributed by atoms with van der Waals surface area (Å²) in [5.74, 6) is -0.514. The lowest BCUT2D eigenvalue weighted by Gasteiger charge is -2.33. The van der Waals surface area contributed by atoms with Crippen LogP contribution in [0.3, 0.4) is 0 Å². The smallest absolute Gasteiger partial charge is 0.387 e. The molecule has 0 bridgehead atoms. The largest absolute Gasteiger partial charge is 0.489 e. The van der Waals surface area contributed by atoms with Gasteiger partial charge in [-0.25, -0.2) is 0 Å². The first-order valence-corrected chi connectivity index (χ1v) is 8.59. The highest BCUT2D eigenvalue weighted by Gasteiger charge is 2.42. The zero-order valence-electron chi connectivity index (χ0n) is 14.1. The molecule has 0 spiro atoms. The van der Waals surface area contributed by atoms with Gasteiger partial charge in [0.25, 0.3) is 0 Å². The summed E-state index contributed by atoms with van der Waals surface area (Å²) in [5.41, 5.74) is -0.479. The van der Waals surface area contributed by atoms with E-state index in [1.165, 1.54) is 18.2 Å². The Morgan fingerprint density at radius 1 is 1.35 bits per heavy atom. The van der Waals surface area contributed by atoms with Crippen molar-refractivity contribution in [1.82, 2.24) is 0 Å². The number of nitriles is 1. The third-order valence-corrected chi connectivity index (χ3v) is 5.04. The van der Waals surface area contributed by atoms with Crippen molar-refractivity contribution in [1.29, 1.82) is 5.26 Å². The second kappa shape index (κ2) is 7.40. The Bertz CT molecular complexity index is 742. The van der Waals surface area contributed by atoms with E-state index in [-0.39, 0.29) is 36.5 Å². The van der Waals surface area contributed by atoms with Crippen LogP contribution >= 0.6 is 0 Å². The minimum absolute atomic E-state index is 0.0863. The Morgan fingerprint density at radius 3 is 2.73 bits per heavy atom. The minimum Gasteiger partial charge on any atom is -0.489 e. The lowest BCUT2D eigenvalue weighted by Crippen LogP contribution is -2.37. The summed E-state index contributed by atoms with van der Waals surface area (Å²) in [7, 11) is 0. The lowest BCUT2D eigenvalue weighted by atomic mass is 9.66. The van der Waals surface area contributed by atoms with Crippen molar-refractivity contribution in [3.05, 3.63) is 23.8 Å². The molecule has 2 unspecified atom stereocenters. The van der Waals surface area contributed by atoms with Gasteiger partial charge in [0, 0.05) is 6.42 Å². The SMILES string of the molecule is N#CC1(c2ccc(OC(F)F)c(OCC3CC3)c2)CCC(=O)C(C=O)C1. The molecular formula is C19H19F2NO4. The van der Waals surface area contributed by atoms with Crippen LogP contribution in [0.5, 0.6) is 11.5 Å². The van der Waals surface area contributed by atoms with Gasteiger partial charge in [0.05, 0.1) is 24.0 Å². The van der Waals surface area contributed by atoms with E-state index in [1.54, 1.807) is 0 Å². The van der Waals surface area contributed by atoms with Gasteiger partial charge in [0.2, 0.25) is 0 Å². The number of carbonyl (C=O) groups is 2. The molecule has 2 aliphatic rings. The molecule has 138 valence electrons. The van der Waals surface area contributed by atoms with Crippen molar-refractivity contribution >= 4 is 12.1 Å². The van der Waals surface area contributed by atoms with E-state index < -0.39 is 17.9 Å². The molecule has 7 heteroatoms. The molecule has 1 aromatic carbocycles. The summed E-state index contributed by atoms with van der Waals surface area (Å²) >= 11 is 0. The fourth-order valence-electron chi connectivity index (χ4n) is 3.27. The van der Waals surface area contributed by atoms with Crippen LogP contribution < -0.4 is 9.47 Å². The molecule has 26 heavy (non-hydrogen) atoms. The van der Waals surface area contributed by atoms with Crippen molar-refractivity contribution in [2.45, 2.75) is 44.1 Å². The van der Waals surface area contributed by atoms with Gasteiger partial charge in [-0.1, -0.05) is 6.07 Å². The van der Waals surface area contributed by atoms with Gasteiger partial charge in [-0.2, -0.15) is 14.0 Å². The van der Waals surface area contributed by atoms with Gasteiger partial charge in [0.1, 0.15) is 12.1 Å². The number of rotatable bonds is 7. The van der Waals surface area contributed by atoms with E-state index in [4.69, 9.17) is 4.74 Å². The third kappa shape index (κ3) is 3.85. The molecule has 0 aromatic heterocycles. The number of hydrogen-bond acceptors (Lipinski definition) is 5. The molecule has 0 radical (unpaired) electrons. The van der Waals surface area contributed by atoms with Crippen molar-refractivity contribution in [2.75, 3.05) is 6.61 Å². The Kier molecular flexibility index (Phi) is 5.21. The minimum atomic E-state index is -2.99. The van der Waals surface area contributed by atoms with Gasteiger partial charge in [-0.05, 0) is 49.3 Å². The summed E-state index contributed by atoms with van der Waals surface area (Å²) in [4.78, 5) is 23.0. The molecule has 0 aliphatic heterocycles. The zero-order chi connectivity index (χ0) is 18.7. The number of Topliss-reactive ketones (excluding diaryl/α,β-unsaturated/α-hetero) is 1. The number of ketones is 1. The number of ether oxygens (including phenoxy) is 2. The van der Waals surface area contributed by atoms with E-state index in [9.17, 15) is 23.6 Å². The molecule has 3 rings (SSSR count). The zero-order valence-corrected chi connectivity index (χ0v) is 14.1. The molecular weight excluding hydrogens is 344 g/mol. The highest BCUT2D eigenvalue weighted by Crippen LogP contribution is 2.43. The highest BCUT2D eigenvalue weighted by atomic mass is 19.3. The summed E-state index contributed by atoms with van der Waals surface area (Å²) in [6, 6.07) is 6.64. The van der Waals surface area contributed by atoms with Crippen molar-refractivity contribution in [2.24, 2.45) is 11.8 Å². The summed E-state index contributed by atoms with van der Waals surface area (Å²) in [6.07, 6.45) is 3.15. The second-order valence-corrected chi connectivity index (χ2v) is 6.90. The van der Waals surface area contributed by atoms with E-state index in [0.29, 0.717) is 24.4 Å². The molecule has 0 amide bonds. The second-order valence-electron chi connectivity index (χ2n) is 6.90. The van der Waals surface area contributed by atoms with E-state index in [1.807, 2.05) is 0 Å². The van der Waals surface area contributed by atoms with Crippen LogP contribution in [0.25, 0.3) is 0 Å². The van der Waals surface area contributed by atoms with Crippen LogP contribution in [-0.2, 0) is 15.0 Å². The monoisotopic (exact) mass is 363 g/mol. The Labute approximate surface area is 149 Å². The normalized spacial score (nSPS) is 25.6. The number of carbonyl (C=O) groups excluding carboxylic acids is 2. The first kappa shape index (κ1) is 18.3. The van der Waals surface area contributed by atoms with E-state index in [0.717, 1.165) is 12.8 Å². The van der Waals surface area contributed by atoms with Crippen LogP contribution in [0.2, 0.25) is 0 Å². The molecule has 0 N–H and O–H groups in total. The van der Waals surface area contributed by atoms with Crippen molar-refractivity contribution in [3.63, 3.8) is 0 Å². The number of halogens is 2. The number of alkyl halides is 2. The van der Waals surface area contributed by atoms with Crippen LogP contribution in [-0.4, -0.2) is 25.3 Å². The van der Waals surface area contributed by atoms with Crippen LogP contribution in [0.4, 0.5) is 8.78 Å². The van der Waals surface area contributed by atoms with Crippen LogP contribution in [0.15, 0.2) is 18.2 Å². The number of benzene rings is 1. The first-order chi connectivity index (χ1) is 12.5. The van der Waals surface area contributed by atoms with Gasteiger partial charge in [-0.15, -0.1) is 0 Å². The number of nitrogens with zero attached hydrogens (tertiary/aromatic N) is 1. The third-order valence-electron chi connectivity index (χ3n) is 5.04. The Morgan fingerprint density at radius 2 is 2.12 bits per heavy atom. The Hall–Kier alpha value is -2.49. The number of hydrogen-bond donors (Lipinski definition) is 0. The molecule has 0 heterocycles. The average molecular weight is 363 g/mol. The maximum Gasteiger partial charge on any atom is 0.387 e. The Balaban J connectivity index is 1.92. The van der Waals surface area contributed by atoms with Crippen LogP contribution in [0.1, 0.15) is 37.7 Å². The van der Waals surface area contributed by atoms with Gasteiger partial charge in [0.15, 0.2) is 11.5 Å². The predicted molar refractivity (Wildman–Crippen MR) is 87.0 cm³/mol. The molecule has 2 atom stereocenters. The molecule has 2 saturated carbocycles. The van der Waals surface area contributed by atoms with Gasteiger partial charge in [-0.3, -0.25) is 4.79 Å². The topological polar surface area (TPSA) is 76.4 Å². The molecule has 5 nitrogen and oxygen atoms in total. The first-order valence-electron chi connectivity index (χ1n) is 8.59. The average Bonchev–Trinajstić information content (AvgIpc) is 3.45. The van der Waals surface area contributed by atoms with Gasteiger partial charge >= 0.3 is 6.61 Å². The quantitative estimate of drug-likeness (QED) is 0.548. The predicted octanol–water partition coefficient (Wildman–Crippen LogP) is 3.41. The van der Waals surface area contributed by atoms with Crippen molar-refractivity contribution < 1.29 is 27.8 Å². The van der Waals surface area contributed by atoms with E-state index >= 15 is 0 Å². The molecule has 2 fully saturated rings. The maximum absolute atomic E-state index is 12.6. The van der Waals surface area contributed by atoms with Crippen LogP contribution in [0, 0.1) is 23.2 Å². The number of aldehydes is 1. The molecule has 0 saturated heterocycles. The highest BCUT2D eigenvalue weighted by molar-refractivity contribution is 5.94. The van der Waals surface area contributed by atoms with E-state index in [2.05, 4.69) is 10.8 Å². The lowest BCUT2D eigenvalue weighted by molar-refractivity contribution is -0.130. The van der Waals surface area contributed by atoms with Crippen molar-refractivity contribution in [3.8, 4) is 17.6 Å². The standard InChI is InChI=1S/C19H19F2NO4/c20-18(21)26-16-4-3-14(7-17(16)25-10-12-1-2-12)19(11-22)6-5-15(24)13(8-19)9-23/h3-4,7,9,12-13,18H,1-2,5-6,8,10H2. The summed E-state index contributed by atoms with van der Waals surface area (Å²) in [5, 5.41) is 9.76. The molecule has 2 aliphatic carbocycles. The summed E-state index contributed by atoms with van der Waals surface area (Å²) in [6.45, 7) is -2.58. The summed E-state index contributed by atoms with van der Waals surface area (Å²) < 4.78 is 35.5. The van der Waals surface area contributed by atoms with Gasteiger partial charge < -0.3 is 14.3 Å². The fourth-order valence-corrected chi connectivity index (χ4v) is 3.27. The maximum atomic E-state index is 12.6.